The number of hydrogen-bond acceptors (Lipinski definition) is 9. The number of halogens is 1. The minimum Gasteiger partial charge on any atom is -0.431 e. The lowest BCUT2D eigenvalue weighted by atomic mass is 10.2. The Kier molecular flexibility index (Phi) is 6.89. The normalized spacial score (nSPS) is 11.1. The Hall–Kier alpha value is -5.30. The molecule has 0 unspecified atom stereocenters. The summed E-state index contributed by atoms with van der Waals surface area (Å²) in [6.45, 7) is 0. The van der Waals surface area contributed by atoms with Gasteiger partial charge in [0.1, 0.15) is 6.20 Å². The van der Waals surface area contributed by atoms with Gasteiger partial charge >= 0.3 is 5.69 Å². The molecule has 0 aliphatic carbocycles. The molecule has 0 N–H and O–H groups in total. The maximum absolute atomic E-state index is 13.3. The maximum atomic E-state index is 13.3. The van der Waals surface area contributed by atoms with E-state index >= 15 is 0 Å². The van der Waals surface area contributed by atoms with Crippen LogP contribution in [0.3, 0.4) is 0 Å². The highest BCUT2D eigenvalue weighted by Gasteiger charge is 2.22. The Morgan fingerprint density at radius 2 is 1.69 bits per heavy atom. The van der Waals surface area contributed by atoms with Gasteiger partial charge in [-0.25, -0.2) is 9.97 Å². The van der Waals surface area contributed by atoms with Crippen LogP contribution in [-0.2, 0) is 0 Å². The van der Waals surface area contributed by atoms with Gasteiger partial charge in [0.25, 0.3) is 11.2 Å². The summed E-state index contributed by atoms with van der Waals surface area (Å²) in [5.41, 5.74) is 0.371. The number of benzene rings is 3. The third kappa shape index (κ3) is 5.24. The van der Waals surface area contributed by atoms with Gasteiger partial charge < -0.3 is 4.74 Å². The van der Waals surface area contributed by atoms with Crippen molar-refractivity contribution < 1.29 is 14.6 Å². The topological polar surface area (TPSA) is 156 Å². The van der Waals surface area contributed by atoms with Crippen molar-refractivity contribution >= 4 is 44.4 Å². The fraction of sp³-hybridized carbons (Fsp3) is 0. The van der Waals surface area contributed by atoms with Crippen LogP contribution in [-0.4, -0.2) is 30.7 Å². The molecule has 2 aromatic heterocycles. The number of pyridine rings is 1. The molecule has 0 aliphatic rings. The van der Waals surface area contributed by atoms with Crippen LogP contribution in [0.2, 0.25) is 0 Å². The molecule has 0 saturated carbocycles. The Morgan fingerprint density at radius 1 is 0.949 bits per heavy atom. The van der Waals surface area contributed by atoms with E-state index in [2.05, 4.69) is 31.0 Å². The van der Waals surface area contributed by atoms with E-state index < -0.39 is 21.1 Å². The zero-order valence-corrected chi connectivity index (χ0v) is 21.3. The number of hydrogen-bond donors (Lipinski definition) is 0. The van der Waals surface area contributed by atoms with Crippen LogP contribution in [0.4, 0.5) is 11.4 Å². The van der Waals surface area contributed by atoms with Crippen LogP contribution in [0.1, 0.15) is 5.56 Å². The summed E-state index contributed by atoms with van der Waals surface area (Å²) < 4.78 is 6.91. The van der Waals surface area contributed by atoms with E-state index in [4.69, 9.17) is 4.74 Å². The van der Waals surface area contributed by atoms with Crippen molar-refractivity contribution in [3.05, 3.63) is 126 Å². The van der Waals surface area contributed by atoms with Gasteiger partial charge in [-0.2, -0.15) is 9.78 Å². The molecular formula is C26H15BrN6O6. The van der Waals surface area contributed by atoms with Gasteiger partial charge in [-0.05, 0) is 34.1 Å². The largest absolute Gasteiger partial charge is 0.431 e. The van der Waals surface area contributed by atoms with Crippen LogP contribution >= 0.6 is 15.9 Å². The third-order valence-electron chi connectivity index (χ3n) is 5.49. The minimum atomic E-state index is -0.651. The summed E-state index contributed by atoms with van der Waals surface area (Å²) in [6, 6.07) is 21.1. The quantitative estimate of drug-likeness (QED) is 0.133. The highest BCUT2D eigenvalue weighted by molar-refractivity contribution is 9.10. The molecule has 0 radical (unpaired) electrons. The van der Waals surface area contributed by atoms with E-state index in [0.29, 0.717) is 22.3 Å². The number of para-hydroxylation sites is 1. The predicted octanol–water partition coefficient (Wildman–Crippen LogP) is 5.71. The summed E-state index contributed by atoms with van der Waals surface area (Å²) in [6.07, 6.45) is 2.28. The second kappa shape index (κ2) is 10.6. The molecule has 13 heteroatoms. The highest BCUT2D eigenvalue weighted by atomic mass is 79.9. The Bertz CT molecular complexity index is 1820. The number of nitro benzene ring substituents is 1. The molecule has 2 heterocycles. The summed E-state index contributed by atoms with van der Waals surface area (Å²) in [4.78, 5) is 43.2. The highest BCUT2D eigenvalue weighted by Crippen LogP contribution is 2.38. The molecule has 0 atom stereocenters. The Labute approximate surface area is 227 Å². The molecule has 0 amide bonds. The van der Waals surface area contributed by atoms with E-state index in [-0.39, 0.29) is 27.4 Å². The SMILES string of the molecule is O=c1c2ccccc2nc(-c2ccccc2)n1N=Cc1cc(Br)c(Oc2ccc([N+](=O)[O-])cn2)c([N+](=O)[O-])c1. The van der Waals surface area contributed by atoms with Gasteiger partial charge in [-0.1, -0.05) is 42.5 Å². The summed E-state index contributed by atoms with van der Waals surface area (Å²) in [7, 11) is 0. The molecule has 0 fully saturated rings. The molecular weight excluding hydrogens is 572 g/mol. The molecule has 0 bridgehead atoms. The molecule has 5 aromatic rings. The van der Waals surface area contributed by atoms with Crippen LogP contribution in [0.5, 0.6) is 11.6 Å². The van der Waals surface area contributed by atoms with Gasteiger partial charge in [-0.3, -0.25) is 25.0 Å². The zero-order valence-electron chi connectivity index (χ0n) is 19.7. The molecule has 0 aliphatic heterocycles. The molecule has 12 nitrogen and oxygen atoms in total. The number of aromatic nitrogens is 3. The fourth-order valence-electron chi connectivity index (χ4n) is 3.69. The lowest BCUT2D eigenvalue weighted by Crippen LogP contribution is -2.20. The van der Waals surface area contributed by atoms with Crippen LogP contribution in [0, 0.1) is 20.2 Å². The first-order chi connectivity index (χ1) is 18.8. The molecule has 5 rings (SSSR count). The van der Waals surface area contributed by atoms with Crippen LogP contribution < -0.4 is 10.3 Å². The average molecular weight is 587 g/mol. The smallest absolute Gasteiger partial charge is 0.313 e. The molecule has 0 saturated heterocycles. The van der Waals surface area contributed by atoms with Crippen molar-refractivity contribution in [3.8, 4) is 23.0 Å². The monoisotopic (exact) mass is 586 g/mol. The first-order valence-electron chi connectivity index (χ1n) is 11.2. The van der Waals surface area contributed by atoms with E-state index in [1.807, 2.05) is 18.2 Å². The van der Waals surface area contributed by atoms with E-state index in [9.17, 15) is 25.0 Å². The first kappa shape index (κ1) is 25.4. The average Bonchev–Trinajstić information content (AvgIpc) is 2.94. The second-order valence-corrected chi connectivity index (χ2v) is 8.86. The van der Waals surface area contributed by atoms with Crippen molar-refractivity contribution in [1.82, 2.24) is 14.6 Å². The van der Waals surface area contributed by atoms with Crippen molar-refractivity contribution in [2.24, 2.45) is 5.10 Å². The van der Waals surface area contributed by atoms with E-state index in [0.717, 1.165) is 10.9 Å². The fourth-order valence-corrected chi connectivity index (χ4v) is 4.23. The lowest BCUT2D eigenvalue weighted by Gasteiger charge is -2.10. The number of rotatable bonds is 7. The van der Waals surface area contributed by atoms with Gasteiger partial charge in [0, 0.05) is 29.3 Å². The number of fused-ring (bicyclic) bond motifs is 1. The van der Waals surface area contributed by atoms with Gasteiger partial charge in [0.2, 0.25) is 11.6 Å². The minimum absolute atomic E-state index is 0.0767. The van der Waals surface area contributed by atoms with E-state index in [1.165, 1.54) is 30.5 Å². The number of ether oxygens (including phenoxy) is 1. The van der Waals surface area contributed by atoms with Crippen molar-refractivity contribution in [1.29, 1.82) is 0 Å². The van der Waals surface area contributed by atoms with Crippen molar-refractivity contribution in [3.63, 3.8) is 0 Å². The first-order valence-corrected chi connectivity index (χ1v) is 12.0. The Morgan fingerprint density at radius 3 is 2.38 bits per heavy atom. The molecule has 3 aromatic carbocycles. The number of nitrogens with zero attached hydrogens (tertiary/aromatic N) is 6. The van der Waals surface area contributed by atoms with Crippen LogP contribution in [0.15, 0.2) is 99.4 Å². The lowest BCUT2D eigenvalue weighted by molar-refractivity contribution is -0.385. The molecule has 192 valence electrons. The van der Waals surface area contributed by atoms with E-state index in [1.54, 1.807) is 36.4 Å². The second-order valence-electron chi connectivity index (χ2n) is 8.00. The van der Waals surface area contributed by atoms with Gasteiger partial charge in [-0.15, -0.1) is 0 Å². The maximum Gasteiger partial charge on any atom is 0.313 e. The summed E-state index contributed by atoms with van der Waals surface area (Å²) in [5, 5.41) is 27.4. The van der Waals surface area contributed by atoms with Crippen molar-refractivity contribution in [2.45, 2.75) is 0 Å². The predicted molar refractivity (Wildman–Crippen MR) is 146 cm³/mol. The third-order valence-corrected chi connectivity index (χ3v) is 6.08. The van der Waals surface area contributed by atoms with Crippen molar-refractivity contribution in [2.75, 3.05) is 0 Å². The van der Waals surface area contributed by atoms with Crippen LogP contribution in [0.25, 0.3) is 22.3 Å². The summed E-state index contributed by atoms with van der Waals surface area (Å²) >= 11 is 3.28. The van der Waals surface area contributed by atoms with Gasteiger partial charge in [0.15, 0.2) is 5.82 Å². The Balaban J connectivity index is 1.56. The standard InChI is InChI=1S/C26H15BrN6O6/c27-20-12-16(13-22(33(37)38)24(20)39-23-11-10-18(15-28-23)32(35)36)14-29-31-25(17-6-2-1-3-7-17)30-21-9-5-4-8-19(21)26(31)34/h1-15H. The molecule has 39 heavy (non-hydrogen) atoms. The number of nitro groups is 2. The molecule has 0 spiro atoms. The zero-order chi connectivity index (χ0) is 27.5. The summed E-state index contributed by atoms with van der Waals surface area (Å²) in [5.74, 6) is 0.0634. The van der Waals surface area contributed by atoms with Gasteiger partial charge in [0.05, 0.1) is 31.4 Å².